The fourth-order valence-corrected chi connectivity index (χ4v) is 2.15. The second kappa shape index (κ2) is 5.77. The van der Waals surface area contributed by atoms with E-state index in [1.807, 2.05) is 0 Å². The van der Waals surface area contributed by atoms with Crippen LogP contribution in [0, 0.1) is 6.92 Å². The van der Waals surface area contributed by atoms with E-state index in [9.17, 15) is 18.3 Å². The van der Waals surface area contributed by atoms with Crippen molar-refractivity contribution < 1.29 is 23.0 Å². The van der Waals surface area contributed by atoms with Crippen molar-refractivity contribution in [2.45, 2.75) is 19.2 Å². The van der Waals surface area contributed by atoms with E-state index in [0.29, 0.717) is 22.4 Å². The molecule has 0 saturated carbocycles. The van der Waals surface area contributed by atoms with Crippen LogP contribution in [0.4, 0.5) is 13.2 Å². The van der Waals surface area contributed by atoms with E-state index in [4.69, 9.17) is 4.74 Å². The molecule has 112 valence electrons. The van der Waals surface area contributed by atoms with Crippen molar-refractivity contribution in [1.29, 1.82) is 0 Å². The second-order valence-electron chi connectivity index (χ2n) is 4.75. The Labute approximate surface area is 120 Å². The van der Waals surface area contributed by atoms with E-state index in [-0.39, 0.29) is 0 Å². The maximum absolute atomic E-state index is 12.6. The van der Waals surface area contributed by atoms with E-state index in [1.165, 1.54) is 13.2 Å². The van der Waals surface area contributed by atoms with Crippen LogP contribution in [0.25, 0.3) is 0 Å². The van der Waals surface area contributed by atoms with Crippen LogP contribution in [0.5, 0.6) is 5.75 Å². The van der Waals surface area contributed by atoms with Gasteiger partial charge in [0.1, 0.15) is 11.9 Å². The fourth-order valence-electron chi connectivity index (χ4n) is 2.15. The van der Waals surface area contributed by atoms with E-state index in [0.717, 1.165) is 12.1 Å². The molecule has 0 spiro atoms. The Morgan fingerprint density at radius 1 is 1.10 bits per heavy atom. The lowest BCUT2D eigenvalue weighted by atomic mass is 9.95. The summed E-state index contributed by atoms with van der Waals surface area (Å²) in [6, 6.07) is 10.1. The maximum atomic E-state index is 12.6. The lowest BCUT2D eigenvalue weighted by Gasteiger charge is -2.16. The van der Waals surface area contributed by atoms with Crippen LogP contribution < -0.4 is 4.74 Å². The zero-order chi connectivity index (χ0) is 15.6. The molecular weight excluding hydrogens is 281 g/mol. The molecule has 0 aliphatic carbocycles. The van der Waals surface area contributed by atoms with Crippen molar-refractivity contribution in [3.63, 3.8) is 0 Å². The molecule has 0 bridgehead atoms. The third-order valence-electron chi connectivity index (χ3n) is 3.30. The molecular formula is C16H15F3O2. The minimum atomic E-state index is -4.38. The summed E-state index contributed by atoms with van der Waals surface area (Å²) in [6.45, 7) is 1.55. The van der Waals surface area contributed by atoms with Crippen LogP contribution in [-0.2, 0) is 6.18 Å². The molecule has 0 amide bonds. The number of benzene rings is 2. The molecule has 0 aliphatic heterocycles. The number of rotatable bonds is 3. The van der Waals surface area contributed by atoms with Crippen LogP contribution in [0.15, 0.2) is 42.5 Å². The van der Waals surface area contributed by atoms with Crippen molar-refractivity contribution in [3.8, 4) is 5.75 Å². The first kappa shape index (κ1) is 15.4. The highest BCUT2D eigenvalue weighted by Gasteiger charge is 2.31. The molecule has 0 aliphatic rings. The van der Waals surface area contributed by atoms with Gasteiger partial charge < -0.3 is 9.84 Å². The molecule has 1 unspecified atom stereocenters. The van der Waals surface area contributed by atoms with Crippen molar-refractivity contribution in [2.75, 3.05) is 7.11 Å². The molecule has 0 aromatic heterocycles. The summed E-state index contributed by atoms with van der Waals surface area (Å²) in [5.41, 5.74) is 0.676. The van der Waals surface area contributed by atoms with E-state index in [1.54, 1.807) is 31.2 Å². The molecule has 0 fully saturated rings. The lowest BCUT2D eigenvalue weighted by Crippen LogP contribution is -2.08. The SMILES string of the molecule is COc1cccc(C(O)c2ccc(C(F)(F)F)cc2C)c1. The van der Waals surface area contributed by atoms with Crippen molar-refractivity contribution in [1.82, 2.24) is 0 Å². The van der Waals surface area contributed by atoms with Gasteiger partial charge in [-0.15, -0.1) is 0 Å². The van der Waals surface area contributed by atoms with Gasteiger partial charge in [0.25, 0.3) is 0 Å². The van der Waals surface area contributed by atoms with Crippen molar-refractivity contribution >= 4 is 0 Å². The van der Waals surface area contributed by atoms with Gasteiger partial charge in [-0.1, -0.05) is 18.2 Å². The normalized spacial score (nSPS) is 13.0. The van der Waals surface area contributed by atoms with Gasteiger partial charge >= 0.3 is 6.18 Å². The van der Waals surface area contributed by atoms with Crippen LogP contribution in [-0.4, -0.2) is 12.2 Å². The van der Waals surface area contributed by atoms with Crippen molar-refractivity contribution in [3.05, 3.63) is 64.7 Å². The number of hydrogen-bond acceptors (Lipinski definition) is 2. The summed E-state index contributed by atoms with van der Waals surface area (Å²) in [4.78, 5) is 0. The largest absolute Gasteiger partial charge is 0.497 e. The number of aliphatic hydroxyl groups is 1. The van der Waals surface area contributed by atoms with E-state index < -0.39 is 17.8 Å². The Kier molecular flexibility index (Phi) is 4.23. The van der Waals surface area contributed by atoms with Gasteiger partial charge in [0, 0.05) is 0 Å². The summed E-state index contributed by atoms with van der Waals surface area (Å²) in [5.74, 6) is 0.580. The van der Waals surface area contributed by atoms with Gasteiger partial charge in [0.05, 0.1) is 12.7 Å². The van der Waals surface area contributed by atoms with Crippen LogP contribution in [0.2, 0.25) is 0 Å². The highest BCUT2D eigenvalue weighted by atomic mass is 19.4. The zero-order valence-electron chi connectivity index (χ0n) is 11.6. The number of halogens is 3. The van der Waals surface area contributed by atoms with Crippen LogP contribution in [0.1, 0.15) is 28.4 Å². The summed E-state index contributed by atoms with van der Waals surface area (Å²) < 4.78 is 43.0. The summed E-state index contributed by atoms with van der Waals surface area (Å²) in [6.07, 6.45) is -5.38. The minimum absolute atomic E-state index is 0.389. The van der Waals surface area contributed by atoms with Gasteiger partial charge in [0.2, 0.25) is 0 Å². The van der Waals surface area contributed by atoms with Crippen LogP contribution in [0.3, 0.4) is 0 Å². The summed E-state index contributed by atoms with van der Waals surface area (Å²) >= 11 is 0. The zero-order valence-corrected chi connectivity index (χ0v) is 11.6. The topological polar surface area (TPSA) is 29.5 Å². The molecule has 1 atom stereocenters. The third-order valence-corrected chi connectivity index (χ3v) is 3.30. The Balaban J connectivity index is 2.37. The quantitative estimate of drug-likeness (QED) is 0.924. The molecule has 0 heterocycles. The number of aliphatic hydroxyl groups excluding tert-OH is 1. The van der Waals surface area contributed by atoms with Gasteiger partial charge in [-0.05, 0) is 47.9 Å². The van der Waals surface area contributed by atoms with Crippen molar-refractivity contribution in [2.24, 2.45) is 0 Å². The Hall–Kier alpha value is -2.01. The molecule has 2 aromatic rings. The fraction of sp³-hybridized carbons (Fsp3) is 0.250. The molecule has 1 N–H and O–H groups in total. The predicted molar refractivity (Wildman–Crippen MR) is 73.2 cm³/mol. The number of aryl methyl sites for hydroxylation is 1. The first-order valence-electron chi connectivity index (χ1n) is 6.32. The molecule has 5 heteroatoms. The standard InChI is InChI=1S/C16H15F3O2/c1-10-8-12(16(17,18)19)6-7-14(10)15(20)11-4-3-5-13(9-11)21-2/h3-9,15,20H,1-2H3. The van der Waals surface area contributed by atoms with Gasteiger partial charge in [-0.25, -0.2) is 0 Å². The second-order valence-corrected chi connectivity index (χ2v) is 4.75. The molecule has 2 aromatic carbocycles. The van der Waals surface area contributed by atoms with Gasteiger partial charge in [-0.3, -0.25) is 0 Å². The Bertz CT molecular complexity index is 636. The molecule has 2 rings (SSSR count). The monoisotopic (exact) mass is 296 g/mol. The molecule has 2 nitrogen and oxygen atoms in total. The first-order chi connectivity index (χ1) is 9.82. The number of ether oxygens (including phenoxy) is 1. The van der Waals surface area contributed by atoms with E-state index >= 15 is 0 Å². The lowest BCUT2D eigenvalue weighted by molar-refractivity contribution is -0.137. The van der Waals surface area contributed by atoms with Crippen LogP contribution >= 0.6 is 0 Å². The molecule has 0 radical (unpaired) electrons. The van der Waals surface area contributed by atoms with Gasteiger partial charge in [-0.2, -0.15) is 13.2 Å². The molecule has 0 saturated heterocycles. The third kappa shape index (κ3) is 3.36. The average Bonchev–Trinajstić information content (AvgIpc) is 2.45. The Morgan fingerprint density at radius 2 is 1.81 bits per heavy atom. The highest BCUT2D eigenvalue weighted by molar-refractivity contribution is 5.40. The summed E-state index contributed by atoms with van der Waals surface area (Å²) in [5, 5.41) is 10.3. The van der Waals surface area contributed by atoms with E-state index in [2.05, 4.69) is 0 Å². The highest BCUT2D eigenvalue weighted by Crippen LogP contribution is 2.33. The minimum Gasteiger partial charge on any atom is -0.497 e. The first-order valence-corrected chi connectivity index (χ1v) is 6.32. The predicted octanol–water partition coefficient (Wildman–Crippen LogP) is 4.10. The average molecular weight is 296 g/mol. The number of alkyl halides is 3. The maximum Gasteiger partial charge on any atom is 0.416 e. The van der Waals surface area contributed by atoms with Gasteiger partial charge in [0.15, 0.2) is 0 Å². The number of methoxy groups -OCH3 is 1. The summed E-state index contributed by atoms with van der Waals surface area (Å²) in [7, 11) is 1.51. The molecule has 21 heavy (non-hydrogen) atoms. The Morgan fingerprint density at radius 3 is 2.38 bits per heavy atom. The number of hydrogen-bond donors (Lipinski definition) is 1. The smallest absolute Gasteiger partial charge is 0.416 e.